The Labute approximate surface area is 117 Å². The molecule has 0 radical (unpaired) electrons. The van der Waals surface area contributed by atoms with E-state index < -0.39 is 4.92 Å². The molecule has 0 unspecified atom stereocenters. The molecule has 106 valence electrons. The summed E-state index contributed by atoms with van der Waals surface area (Å²) < 4.78 is 1.74. The molecule has 1 N–H and O–H groups in total. The SMILES string of the molecule is C=C(CNC(C)C)Cn1ncc2ccc([N+](=O)[O-])cc21. The number of nitrogens with one attached hydrogen (secondary N) is 1. The van der Waals surface area contributed by atoms with E-state index in [0.717, 1.165) is 16.5 Å². The maximum Gasteiger partial charge on any atom is 0.271 e. The van der Waals surface area contributed by atoms with Crippen molar-refractivity contribution in [2.45, 2.75) is 26.4 Å². The van der Waals surface area contributed by atoms with Crippen LogP contribution in [0, 0.1) is 10.1 Å². The fraction of sp³-hybridized carbons (Fsp3) is 0.357. The molecule has 0 fully saturated rings. The second-order valence-corrected chi connectivity index (χ2v) is 5.09. The van der Waals surface area contributed by atoms with Crippen molar-refractivity contribution >= 4 is 16.6 Å². The third-order valence-electron chi connectivity index (χ3n) is 2.97. The van der Waals surface area contributed by atoms with Crippen molar-refractivity contribution in [3.8, 4) is 0 Å². The van der Waals surface area contributed by atoms with Gasteiger partial charge in [0.1, 0.15) is 0 Å². The first-order valence-electron chi connectivity index (χ1n) is 6.47. The molecule has 0 bridgehead atoms. The van der Waals surface area contributed by atoms with Gasteiger partial charge in [-0.15, -0.1) is 0 Å². The monoisotopic (exact) mass is 274 g/mol. The number of non-ortho nitro benzene ring substituents is 1. The number of hydrogen-bond acceptors (Lipinski definition) is 4. The van der Waals surface area contributed by atoms with Crippen LogP contribution in [-0.4, -0.2) is 27.3 Å². The van der Waals surface area contributed by atoms with Crippen LogP contribution in [0.4, 0.5) is 5.69 Å². The summed E-state index contributed by atoms with van der Waals surface area (Å²) in [5.74, 6) is 0. The minimum atomic E-state index is -0.397. The molecule has 6 heteroatoms. The summed E-state index contributed by atoms with van der Waals surface area (Å²) >= 11 is 0. The van der Waals surface area contributed by atoms with E-state index in [1.54, 1.807) is 23.0 Å². The van der Waals surface area contributed by atoms with E-state index in [-0.39, 0.29) is 5.69 Å². The largest absolute Gasteiger partial charge is 0.311 e. The molecule has 1 aromatic heterocycles. The van der Waals surface area contributed by atoms with Crippen molar-refractivity contribution < 1.29 is 4.92 Å². The van der Waals surface area contributed by atoms with Crippen LogP contribution < -0.4 is 5.32 Å². The molecule has 6 nitrogen and oxygen atoms in total. The van der Waals surface area contributed by atoms with Crippen LogP contribution in [0.5, 0.6) is 0 Å². The average Bonchev–Trinajstić information content (AvgIpc) is 2.79. The minimum Gasteiger partial charge on any atom is -0.311 e. The van der Waals surface area contributed by atoms with Gasteiger partial charge in [0.05, 0.1) is 23.2 Å². The van der Waals surface area contributed by atoms with E-state index in [1.165, 1.54) is 6.07 Å². The van der Waals surface area contributed by atoms with Crippen LogP contribution in [0.25, 0.3) is 10.9 Å². The lowest BCUT2D eigenvalue weighted by molar-refractivity contribution is -0.384. The van der Waals surface area contributed by atoms with Crippen molar-refractivity contribution in [1.82, 2.24) is 15.1 Å². The molecule has 2 aromatic rings. The highest BCUT2D eigenvalue weighted by Gasteiger charge is 2.10. The molecule has 0 saturated heterocycles. The summed E-state index contributed by atoms with van der Waals surface area (Å²) in [6, 6.07) is 5.14. The number of rotatable bonds is 6. The smallest absolute Gasteiger partial charge is 0.271 e. The number of nitro benzene ring substituents is 1. The van der Waals surface area contributed by atoms with Gasteiger partial charge in [-0.1, -0.05) is 20.4 Å². The second kappa shape index (κ2) is 5.83. The van der Waals surface area contributed by atoms with Crippen molar-refractivity contribution in [3.63, 3.8) is 0 Å². The maximum atomic E-state index is 10.8. The van der Waals surface area contributed by atoms with Gasteiger partial charge in [0, 0.05) is 30.1 Å². The molecule has 0 saturated carbocycles. The van der Waals surface area contributed by atoms with Crippen LogP contribution in [0.3, 0.4) is 0 Å². The van der Waals surface area contributed by atoms with Crippen molar-refractivity contribution in [2.24, 2.45) is 0 Å². The van der Waals surface area contributed by atoms with Gasteiger partial charge in [0.25, 0.3) is 5.69 Å². The maximum absolute atomic E-state index is 10.8. The van der Waals surface area contributed by atoms with Crippen molar-refractivity contribution in [1.29, 1.82) is 0 Å². The summed E-state index contributed by atoms with van der Waals surface area (Å²) in [7, 11) is 0. The Bertz CT molecular complexity index is 646. The molecule has 0 spiro atoms. The zero-order valence-corrected chi connectivity index (χ0v) is 11.7. The second-order valence-electron chi connectivity index (χ2n) is 5.09. The Kier molecular flexibility index (Phi) is 4.14. The fourth-order valence-corrected chi connectivity index (χ4v) is 1.91. The van der Waals surface area contributed by atoms with Crippen molar-refractivity contribution in [3.05, 3.63) is 46.7 Å². The van der Waals surface area contributed by atoms with Gasteiger partial charge >= 0.3 is 0 Å². The number of hydrogen-bond donors (Lipinski definition) is 1. The van der Waals surface area contributed by atoms with Gasteiger partial charge in [-0.3, -0.25) is 14.8 Å². The zero-order valence-electron chi connectivity index (χ0n) is 11.7. The number of nitro groups is 1. The molecule has 0 atom stereocenters. The lowest BCUT2D eigenvalue weighted by Crippen LogP contribution is -2.26. The van der Waals surface area contributed by atoms with Crippen molar-refractivity contribution in [2.75, 3.05) is 6.54 Å². The standard InChI is InChI=1S/C14H18N4O2/c1-10(2)15-7-11(3)9-17-14-6-13(18(19)20)5-4-12(14)8-16-17/h4-6,8,10,15H,3,7,9H2,1-2H3. The lowest BCUT2D eigenvalue weighted by Gasteiger charge is -2.11. The summed E-state index contributed by atoms with van der Waals surface area (Å²) in [5.41, 5.74) is 1.81. The van der Waals surface area contributed by atoms with E-state index in [2.05, 4.69) is 30.8 Å². The first kappa shape index (κ1) is 14.2. The first-order chi connectivity index (χ1) is 9.47. The Balaban J connectivity index is 2.19. The van der Waals surface area contributed by atoms with Gasteiger partial charge < -0.3 is 5.32 Å². The predicted molar refractivity (Wildman–Crippen MR) is 78.7 cm³/mol. The first-order valence-corrected chi connectivity index (χ1v) is 6.47. The fourth-order valence-electron chi connectivity index (χ4n) is 1.91. The number of fused-ring (bicyclic) bond motifs is 1. The molecule has 0 aliphatic carbocycles. The van der Waals surface area contributed by atoms with Crippen LogP contribution in [0.2, 0.25) is 0 Å². The zero-order chi connectivity index (χ0) is 14.7. The minimum absolute atomic E-state index is 0.0742. The predicted octanol–water partition coefficient (Wildman–Crippen LogP) is 2.50. The van der Waals surface area contributed by atoms with Crippen LogP contribution in [-0.2, 0) is 6.54 Å². The van der Waals surface area contributed by atoms with E-state index in [0.29, 0.717) is 19.1 Å². The highest BCUT2D eigenvalue weighted by Crippen LogP contribution is 2.21. The molecule has 0 amide bonds. The van der Waals surface area contributed by atoms with E-state index in [9.17, 15) is 10.1 Å². The molecule has 20 heavy (non-hydrogen) atoms. The van der Waals surface area contributed by atoms with Gasteiger partial charge in [-0.05, 0) is 11.6 Å². The third-order valence-corrected chi connectivity index (χ3v) is 2.97. The molecule has 1 aromatic carbocycles. The Morgan fingerprint density at radius 1 is 1.55 bits per heavy atom. The highest BCUT2D eigenvalue weighted by molar-refractivity contribution is 5.81. The van der Waals surface area contributed by atoms with Gasteiger partial charge in [0.2, 0.25) is 0 Å². The third kappa shape index (κ3) is 3.21. The molecule has 2 rings (SSSR count). The van der Waals surface area contributed by atoms with Gasteiger partial charge in [0.15, 0.2) is 0 Å². The molecular formula is C14H18N4O2. The highest BCUT2D eigenvalue weighted by atomic mass is 16.6. The Morgan fingerprint density at radius 2 is 2.30 bits per heavy atom. The lowest BCUT2D eigenvalue weighted by atomic mass is 10.2. The van der Waals surface area contributed by atoms with Gasteiger partial charge in [-0.2, -0.15) is 5.10 Å². The van der Waals surface area contributed by atoms with Crippen LogP contribution in [0.1, 0.15) is 13.8 Å². The number of nitrogens with zero attached hydrogens (tertiary/aromatic N) is 3. The quantitative estimate of drug-likeness (QED) is 0.499. The summed E-state index contributed by atoms with van der Waals surface area (Å²) in [4.78, 5) is 10.4. The number of aromatic nitrogens is 2. The normalized spacial score (nSPS) is 11.2. The summed E-state index contributed by atoms with van der Waals surface area (Å²) in [6.45, 7) is 9.40. The molecule has 1 heterocycles. The Hall–Kier alpha value is -2.21. The molecular weight excluding hydrogens is 256 g/mol. The summed E-state index contributed by atoms with van der Waals surface area (Å²) in [5, 5.41) is 19.3. The molecule has 0 aliphatic rings. The average molecular weight is 274 g/mol. The Morgan fingerprint density at radius 3 is 2.95 bits per heavy atom. The van der Waals surface area contributed by atoms with E-state index >= 15 is 0 Å². The molecule has 0 aliphatic heterocycles. The van der Waals surface area contributed by atoms with Gasteiger partial charge in [-0.25, -0.2) is 0 Å². The summed E-state index contributed by atoms with van der Waals surface area (Å²) in [6.07, 6.45) is 1.71. The van der Waals surface area contributed by atoms with Crippen LogP contribution >= 0.6 is 0 Å². The topological polar surface area (TPSA) is 73.0 Å². The van der Waals surface area contributed by atoms with Crippen LogP contribution in [0.15, 0.2) is 36.5 Å². The van der Waals surface area contributed by atoms with E-state index in [1.807, 2.05) is 0 Å². The van der Waals surface area contributed by atoms with E-state index in [4.69, 9.17) is 0 Å². The number of benzene rings is 1.